The molecule has 0 saturated carbocycles. The van der Waals surface area contributed by atoms with Crippen LogP contribution in [-0.4, -0.2) is 96.0 Å². The number of allylic oxidation sites excluding steroid dienone is 2. The molecule has 0 bridgehead atoms. The summed E-state index contributed by atoms with van der Waals surface area (Å²) >= 11 is 0. The molecule has 184 valence electrons. The maximum Gasteiger partial charge on any atom is 0.408 e. The molecule has 0 spiro atoms. The van der Waals surface area contributed by atoms with Crippen LogP contribution in [0.3, 0.4) is 0 Å². The van der Waals surface area contributed by atoms with E-state index in [4.69, 9.17) is 15.2 Å². The number of ether oxygens (including phenoxy) is 2. The molecule has 2 aliphatic heterocycles. The average Bonchev–Trinajstić information content (AvgIpc) is 3.11. The Balaban J connectivity index is 1.62. The number of rotatable bonds is 6. The summed E-state index contributed by atoms with van der Waals surface area (Å²) in [5.41, 5.74) is 4.76. The highest BCUT2D eigenvalue weighted by Gasteiger charge is 2.50. The summed E-state index contributed by atoms with van der Waals surface area (Å²) in [7, 11) is 0. The molecule has 0 aromatic carbocycles. The topological polar surface area (TPSA) is 134 Å². The lowest BCUT2D eigenvalue weighted by Gasteiger charge is -2.34. The second-order valence-electron chi connectivity index (χ2n) is 10.0. The van der Waals surface area contributed by atoms with E-state index in [1.54, 1.807) is 20.8 Å². The Morgan fingerprint density at radius 2 is 2.00 bits per heavy atom. The molecule has 3 rings (SSSR count). The lowest BCUT2D eigenvalue weighted by atomic mass is 9.78. The Morgan fingerprint density at radius 1 is 1.30 bits per heavy atom. The van der Waals surface area contributed by atoms with Crippen molar-refractivity contribution in [1.29, 1.82) is 0 Å². The van der Waals surface area contributed by atoms with Crippen molar-refractivity contribution in [3.63, 3.8) is 0 Å². The van der Waals surface area contributed by atoms with Crippen molar-refractivity contribution in [1.82, 2.24) is 15.1 Å². The lowest BCUT2D eigenvalue weighted by Crippen LogP contribution is -2.48. The smallest absolute Gasteiger partial charge is 0.408 e. The summed E-state index contributed by atoms with van der Waals surface area (Å²) in [5, 5.41) is 13.9. The molecule has 10 nitrogen and oxygen atoms in total. The van der Waals surface area contributed by atoms with E-state index in [0.29, 0.717) is 19.6 Å². The summed E-state index contributed by atoms with van der Waals surface area (Å²) in [5.74, 6) is -1.43. The third-order valence-electron chi connectivity index (χ3n) is 6.18. The highest BCUT2D eigenvalue weighted by Crippen LogP contribution is 2.38. The minimum absolute atomic E-state index is 0.0325. The number of nitrogens with two attached hydrogens (primary N) is 1. The summed E-state index contributed by atoms with van der Waals surface area (Å²) in [4.78, 5) is 40.4. The number of aliphatic hydroxyl groups is 1. The monoisotopic (exact) mass is 464 g/mol. The Labute approximate surface area is 194 Å². The lowest BCUT2D eigenvalue weighted by molar-refractivity contribution is -0.136. The maximum absolute atomic E-state index is 12.8. The van der Waals surface area contributed by atoms with Crippen LogP contribution in [0.1, 0.15) is 33.6 Å². The number of alkyl carbamates (subject to hydrolysis) is 1. The first kappa shape index (κ1) is 25.2. The second-order valence-corrected chi connectivity index (χ2v) is 10.0. The first-order chi connectivity index (χ1) is 15.5. The zero-order valence-electron chi connectivity index (χ0n) is 19.7. The molecule has 2 saturated heterocycles. The van der Waals surface area contributed by atoms with Crippen molar-refractivity contribution in [2.45, 2.75) is 50.9 Å². The van der Waals surface area contributed by atoms with Crippen LogP contribution in [0.2, 0.25) is 0 Å². The number of nitrogens with one attached hydrogen (secondary N) is 1. The van der Waals surface area contributed by atoms with Crippen molar-refractivity contribution in [2.24, 2.45) is 11.7 Å². The van der Waals surface area contributed by atoms with Crippen LogP contribution in [0.15, 0.2) is 23.8 Å². The number of carbonyl (C=O) groups is 3. The van der Waals surface area contributed by atoms with Gasteiger partial charge in [0.05, 0.1) is 25.4 Å². The van der Waals surface area contributed by atoms with Crippen LogP contribution in [-0.2, 0) is 19.1 Å². The summed E-state index contributed by atoms with van der Waals surface area (Å²) in [6.45, 7) is 8.73. The molecule has 0 aromatic rings. The number of hydrogen-bond donors (Lipinski definition) is 3. The molecular weight excluding hydrogens is 428 g/mol. The van der Waals surface area contributed by atoms with Crippen LogP contribution >= 0.6 is 0 Å². The zero-order valence-corrected chi connectivity index (χ0v) is 19.7. The highest BCUT2D eigenvalue weighted by atomic mass is 16.6. The van der Waals surface area contributed by atoms with Gasteiger partial charge in [-0.25, -0.2) is 4.79 Å². The van der Waals surface area contributed by atoms with Gasteiger partial charge in [0.25, 0.3) is 0 Å². The van der Waals surface area contributed by atoms with Gasteiger partial charge in [-0.1, -0.05) is 23.8 Å². The van der Waals surface area contributed by atoms with Gasteiger partial charge < -0.3 is 30.5 Å². The van der Waals surface area contributed by atoms with Gasteiger partial charge in [0.2, 0.25) is 11.8 Å². The fourth-order valence-corrected chi connectivity index (χ4v) is 4.54. The molecule has 3 aliphatic rings. The minimum Gasteiger partial charge on any atom is -0.444 e. The first-order valence-corrected chi connectivity index (χ1v) is 11.4. The number of likely N-dealkylation sites (tertiary alicyclic amines) is 1. The van der Waals surface area contributed by atoms with E-state index in [1.807, 2.05) is 12.2 Å². The van der Waals surface area contributed by atoms with Gasteiger partial charge in [-0.3, -0.25) is 14.5 Å². The fraction of sp³-hybridized carbons (Fsp3) is 0.696. The van der Waals surface area contributed by atoms with Gasteiger partial charge in [-0.15, -0.1) is 0 Å². The molecule has 33 heavy (non-hydrogen) atoms. The standard InChI is InChI=1S/C23H36N4O6/c1-22(2,3)33-21(30)25-13-19(28)27-15-23(31,12-18(27)20(24)29)17-6-4-5-16(11-17)14-26-7-9-32-10-8-26/h4-6,17-18,31H,7-15H2,1-3H3,(H2,24,29)(H,25,30)/t17?,18-,23-/m0/s1. The second kappa shape index (κ2) is 10.2. The maximum atomic E-state index is 12.8. The van der Waals surface area contributed by atoms with Crippen molar-refractivity contribution in [3.8, 4) is 0 Å². The number of primary amides is 1. The van der Waals surface area contributed by atoms with Crippen LogP contribution < -0.4 is 11.1 Å². The Bertz CT molecular complexity index is 814. The van der Waals surface area contributed by atoms with Crippen molar-refractivity contribution >= 4 is 17.9 Å². The number of β-amino-alcohol motifs (C(OH)–C–C–N with tert-alkyl or cyclic N) is 1. The molecule has 0 aromatic heterocycles. The number of carbonyl (C=O) groups excluding carboxylic acids is 3. The number of morpholine rings is 1. The predicted molar refractivity (Wildman–Crippen MR) is 121 cm³/mol. The van der Waals surface area contributed by atoms with E-state index in [2.05, 4.69) is 16.3 Å². The number of nitrogens with zero attached hydrogens (tertiary/aromatic N) is 2. The van der Waals surface area contributed by atoms with Gasteiger partial charge in [0.1, 0.15) is 18.2 Å². The normalized spacial score (nSPS) is 28.4. The molecule has 4 N–H and O–H groups in total. The van der Waals surface area contributed by atoms with E-state index in [1.165, 1.54) is 10.5 Å². The van der Waals surface area contributed by atoms with Gasteiger partial charge >= 0.3 is 6.09 Å². The fourth-order valence-electron chi connectivity index (χ4n) is 4.54. The molecule has 2 heterocycles. The van der Waals surface area contributed by atoms with E-state index in [-0.39, 0.29) is 25.4 Å². The van der Waals surface area contributed by atoms with Crippen LogP contribution in [0.5, 0.6) is 0 Å². The van der Waals surface area contributed by atoms with E-state index < -0.39 is 35.2 Å². The Hall–Kier alpha value is -2.43. The van der Waals surface area contributed by atoms with Crippen LogP contribution in [0.4, 0.5) is 4.79 Å². The van der Waals surface area contributed by atoms with Gasteiger partial charge in [-0.2, -0.15) is 0 Å². The van der Waals surface area contributed by atoms with Gasteiger partial charge in [-0.05, 0) is 27.2 Å². The third kappa shape index (κ3) is 6.78. The summed E-state index contributed by atoms with van der Waals surface area (Å²) in [6.07, 6.45) is 5.87. The first-order valence-electron chi connectivity index (χ1n) is 11.4. The summed E-state index contributed by atoms with van der Waals surface area (Å²) < 4.78 is 10.5. The average molecular weight is 465 g/mol. The molecular formula is C23H36N4O6. The molecule has 1 aliphatic carbocycles. The van der Waals surface area contributed by atoms with Crippen LogP contribution in [0, 0.1) is 5.92 Å². The highest BCUT2D eigenvalue weighted by molar-refractivity contribution is 5.89. The van der Waals surface area contributed by atoms with Gasteiger partial charge in [0.15, 0.2) is 0 Å². The van der Waals surface area contributed by atoms with Crippen molar-refractivity contribution in [2.75, 3.05) is 45.9 Å². The predicted octanol–water partition coefficient (Wildman–Crippen LogP) is 0.163. The largest absolute Gasteiger partial charge is 0.444 e. The Morgan fingerprint density at radius 3 is 2.64 bits per heavy atom. The van der Waals surface area contributed by atoms with Gasteiger partial charge in [0, 0.05) is 32.0 Å². The molecule has 2 fully saturated rings. The quantitative estimate of drug-likeness (QED) is 0.510. The van der Waals surface area contributed by atoms with E-state index in [0.717, 1.165) is 19.6 Å². The molecule has 1 unspecified atom stereocenters. The van der Waals surface area contributed by atoms with Crippen molar-refractivity contribution < 1.29 is 29.0 Å². The molecule has 3 amide bonds. The zero-order chi connectivity index (χ0) is 24.2. The molecule has 0 radical (unpaired) electrons. The van der Waals surface area contributed by atoms with Crippen molar-refractivity contribution in [3.05, 3.63) is 23.8 Å². The molecule has 10 heteroatoms. The SMILES string of the molecule is CC(C)(C)OC(=O)NCC(=O)N1C[C@](O)(C2C=CC=C(CN3CCOCC3)C2)C[C@H]1C(N)=O. The Kier molecular flexibility index (Phi) is 7.81. The van der Waals surface area contributed by atoms with E-state index >= 15 is 0 Å². The van der Waals surface area contributed by atoms with E-state index in [9.17, 15) is 19.5 Å². The molecule has 3 atom stereocenters. The number of hydrogen-bond acceptors (Lipinski definition) is 7. The minimum atomic E-state index is -1.29. The summed E-state index contributed by atoms with van der Waals surface area (Å²) in [6, 6.07) is -0.940. The van der Waals surface area contributed by atoms with Crippen LogP contribution in [0.25, 0.3) is 0 Å². The third-order valence-corrected chi connectivity index (χ3v) is 6.18. The number of amides is 3.